The van der Waals surface area contributed by atoms with Gasteiger partial charge in [0.25, 0.3) is 5.91 Å². The summed E-state index contributed by atoms with van der Waals surface area (Å²) in [6, 6.07) is 10.7. The molecule has 0 bridgehead atoms. The lowest BCUT2D eigenvalue weighted by Gasteiger charge is -2.29. The maximum atomic E-state index is 12.8. The van der Waals surface area contributed by atoms with E-state index in [1.165, 1.54) is 34.6 Å². The van der Waals surface area contributed by atoms with E-state index < -0.39 is 26.0 Å². The van der Waals surface area contributed by atoms with Crippen molar-refractivity contribution in [1.82, 2.24) is 4.31 Å². The number of hydrogen-bond acceptors (Lipinski definition) is 5. The number of carbonyl (C=O) groups is 1. The third kappa shape index (κ3) is 5.84. The largest absolute Gasteiger partial charge is 0.322 e. The number of nitrogens with zero attached hydrogens (tertiary/aromatic N) is 1. The molecule has 1 fully saturated rings. The van der Waals surface area contributed by atoms with Crippen LogP contribution in [-0.2, 0) is 20.0 Å². The Bertz CT molecular complexity index is 1170. The molecule has 2 aromatic carbocycles. The van der Waals surface area contributed by atoms with Crippen LogP contribution < -0.4 is 10.0 Å². The minimum Gasteiger partial charge on any atom is -0.322 e. The van der Waals surface area contributed by atoms with E-state index >= 15 is 0 Å². The zero-order valence-electron chi connectivity index (χ0n) is 17.8. The first-order valence-corrected chi connectivity index (χ1v) is 13.3. The fourth-order valence-electron chi connectivity index (χ4n) is 3.37. The topological polar surface area (TPSA) is 113 Å². The molecule has 0 spiro atoms. The van der Waals surface area contributed by atoms with Crippen molar-refractivity contribution in [3.63, 3.8) is 0 Å². The second kappa shape index (κ2) is 8.97. The van der Waals surface area contributed by atoms with Crippen LogP contribution in [0, 0.1) is 12.8 Å². The number of nitrogens with one attached hydrogen (secondary N) is 2. The van der Waals surface area contributed by atoms with Gasteiger partial charge >= 0.3 is 0 Å². The first kappa shape index (κ1) is 23.2. The SMILES string of the molecule is Cc1ccc(NC(=O)c2ccc(S(=O)(=O)N3CCC(C)CC3)cc2)cc1NS(C)(=O)=O. The number of amides is 1. The molecule has 1 aliphatic rings. The van der Waals surface area contributed by atoms with Crippen LogP contribution in [0.1, 0.15) is 35.7 Å². The third-order valence-electron chi connectivity index (χ3n) is 5.29. The van der Waals surface area contributed by atoms with Crippen molar-refractivity contribution < 1.29 is 21.6 Å². The Balaban J connectivity index is 1.73. The Kier molecular flexibility index (Phi) is 6.73. The van der Waals surface area contributed by atoms with Gasteiger partial charge < -0.3 is 5.32 Å². The van der Waals surface area contributed by atoms with Crippen LogP contribution in [0.25, 0.3) is 0 Å². The summed E-state index contributed by atoms with van der Waals surface area (Å²) in [7, 11) is -7.03. The molecule has 2 aromatic rings. The molecule has 0 aromatic heterocycles. The summed E-state index contributed by atoms with van der Waals surface area (Å²) in [4.78, 5) is 12.7. The number of carbonyl (C=O) groups excluding carboxylic acids is 1. The molecule has 1 heterocycles. The summed E-state index contributed by atoms with van der Waals surface area (Å²) in [5.41, 5.74) is 1.80. The molecule has 1 amide bonds. The molecule has 2 N–H and O–H groups in total. The Hall–Kier alpha value is -2.43. The number of hydrogen-bond donors (Lipinski definition) is 2. The number of piperidine rings is 1. The van der Waals surface area contributed by atoms with Gasteiger partial charge in [0.1, 0.15) is 0 Å². The second-order valence-electron chi connectivity index (χ2n) is 7.97. The maximum absolute atomic E-state index is 12.8. The predicted molar refractivity (Wildman–Crippen MR) is 121 cm³/mol. The summed E-state index contributed by atoms with van der Waals surface area (Å²) in [5.74, 6) is 0.0948. The van der Waals surface area contributed by atoms with E-state index in [-0.39, 0.29) is 4.90 Å². The van der Waals surface area contributed by atoms with E-state index in [4.69, 9.17) is 0 Å². The van der Waals surface area contributed by atoms with Crippen LogP contribution in [0.3, 0.4) is 0 Å². The Morgan fingerprint density at radius 3 is 2.19 bits per heavy atom. The van der Waals surface area contributed by atoms with Gasteiger partial charge in [-0.25, -0.2) is 16.8 Å². The van der Waals surface area contributed by atoms with Crippen LogP contribution in [-0.4, -0.2) is 46.4 Å². The molecule has 0 aliphatic carbocycles. The van der Waals surface area contributed by atoms with Gasteiger partial charge in [-0.05, 0) is 67.6 Å². The standard InChI is InChI=1S/C21H27N3O5S2/c1-15-10-12-24(13-11-15)31(28,29)19-8-5-17(6-9-19)21(25)22-18-7-4-16(2)20(14-18)23-30(3,26)27/h4-9,14-15,23H,10-13H2,1-3H3,(H,22,25). The van der Waals surface area contributed by atoms with E-state index in [1.54, 1.807) is 19.1 Å². The predicted octanol–water partition coefficient (Wildman–Crippen LogP) is 3.04. The van der Waals surface area contributed by atoms with Gasteiger partial charge in [-0.2, -0.15) is 4.31 Å². The van der Waals surface area contributed by atoms with Crippen LogP contribution in [0.5, 0.6) is 0 Å². The monoisotopic (exact) mass is 465 g/mol. The van der Waals surface area contributed by atoms with Gasteiger partial charge in [0.05, 0.1) is 16.8 Å². The minimum atomic E-state index is -3.58. The van der Waals surface area contributed by atoms with Crippen LogP contribution >= 0.6 is 0 Å². The Morgan fingerprint density at radius 2 is 1.61 bits per heavy atom. The fourth-order valence-corrected chi connectivity index (χ4v) is 5.45. The second-order valence-corrected chi connectivity index (χ2v) is 11.7. The maximum Gasteiger partial charge on any atom is 0.255 e. The Morgan fingerprint density at radius 1 is 1.00 bits per heavy atom. The van der Waals surface area contributed by atoms with Gasteiger partial charge in [-0.3, -0.25) is 9.52 Å². The lowest BCUT2D eigenvalue weighted by Crippen LogP contribution is -2.37. The van der Waals surface area contributed by atoms with E-state index in [9.17, 15) is 21.6 Å². The summed E-state index contributed by atoms with van der Waals surface area (Å²) in [6.07, 6.45) is 2.73. The molecule has 8 nitrogen and oxygen atoms in total. The minimum absolute atomic E-state index is 0.161. The average molecular weight is 466 g/mol. The zero-order valence-corrected chi connectivity index (χ0v) is 19.4. The quantitative estimate of drug-likeness (QED) is 0.681. The van der Waals surface area contributed by atoms with Crippen molar-refractivity contribution >= 4 is 37.3 Å². The molecule has 0 atom stereocenters. The van der Waals surface area contributed by atoms with Crippen LogP contribution in [0.15, 0.2) is 47.4 Å². The van der Waals surface area contributed by atoms with Gasteiger partial charge in [-0.1, -0.05) is 13.0 Å². The van der Waals surface area contributed by atoms with E-state index in [2.05, 4.69) is 17.0 Å². The lowest BCUT2D eigenvalue weighted by molar-refractivity contribution is 0.102. The van der Waals surface area contributed by atoms with Crippen LogP contribution in [0.2, 0.25) is 0 Å². The van der Waals surface area contributed by atoms with Gasteiger partial charge in [-0.15, -0.1) is 0 Å². The number of benzene rings is 2. The van der Waals surface area contributed by atoms with Gasteiger partial charge in [0.2, 0.25) is 20.0 Å². The average Bonchev–Trinajstić information content (AvgIpc) is 2.70. The summed E-state index contributed by atoms with van der Waals surface area (Å²) in [5, 5.41) is 2.70. The normalized spacial score (nSPS) is 16.1. The highest BCUT2D eigenvalue weighted by Gasteiger charge is 2.28. The fraction of sp³-hybridized carbons (Fsp3) is 0.381. The van der Waals surface area contributed by atoms with E-state index in [1.807, 2.05) is 0 Å². The van der Waals surface area contributed by atoms with Crippen molar-refractivity contribution in [2.45, 2.75) is 31.6 Å². The van der Waals surface area contributed by atoms with E-state index in [0.29, 0.717) is 41.5 Å². The smallest absolute Gasteiger partial charge is 0.255 e. The molecule has 0 unspecified atom stereocenters. The van der Waals surface area contributed by atoms with Crippen molar-refractivity contribution in [2.24, 2.45) is 5.92 Å². The molecule has 168 valence electrons. The number of sulfonamides is 2. The summed E-state index contributed by atoms with van der Waals surface area (Å²) < 4.78 is 52.5. The molecule has 0 radical (unpaired) electrons. The van der Waals surface area contributed by atoms with E-state index in [0.717, 1.165) is 19.1 Å². The zero-order chi connectivity index (χ0) is 22.8. The van der Waals surface area contributed by atoms with Crippen molar-refractivity contribution in [1.29, 1.82) is 0 Å². The van der Waals surface area contributed by atoms with Crippen molar-refractivity contribution in [2.75, 3.05) is 29.4 Å². The van der Waals surface area contributed by atoms with Gasteiger partial charge in [0.15, 0.2) is 0 Å². The van der Waals surface area contributed by atoms with Crippen LogP contribution in [0.4, 0.5) is 11.4 Å². The molecule has 31 heavy (non-hydrogen) atoms. The summed E-state index contributed by atoms with van der Waals surface area (Å²) in [6.45, 7) is 4.87. The summed E-state index contributed by atoms with van der Waals surface area (Å²) >= 11 is 0. The molecule has 1 aliphatic heterocycles. The van der Waals surface area contributed by atoms with Crippen molar-refractivity contribution in [3.05, 3.63) is 53.6 Å². The lowest BCUT2D eigenvalue weighted by atomic mass is 10.0. The highest BCUT2D eigenvalue weighted by atomic mass is 32.2. The first-order chi connectivity index (χ1) is 14.5. The third-order valence-corrected chi connectivity index (χ3v) is 7.79. The highest BCUT2D eigenvalue weighted by molar-refractivity contribution is 7.92. The molecule has 3 rings (SSSR count). The number of aryl methyl sites for hydroxylation is 1. The molecule has 1 saturated heterocycles. The molecule has 10 heteroatoms. The Labute approximate surface area is 183 Å². The van der Waals surface area contributed by atoms with Crippen molar-refractivity contribution in [3.8, 4) is 0 Å². The first-order valence-electron chi connectivity index (χ1n) is 9.96. The number of rotatable bonds is 6. The molecular formula is C21H27N3O5S2. The number of anilines is 2. The van der Waals surface area contributed by atoms with Gasteiger partial charge in [0, 0.05) is 24.3 Å². The highest BCUT2D eigenvalue weighted by Crippen LogP contribution is 2.25. The molecular weight excluding hydrogens is 438 g/mol. The molecule has 0 saturated carbocycles.